The molecule has 1 aromatic heterocycles. The molecule has 2 aliphatic heterocycles. The second-order valence-electron chi connectivity index (χ2n) is 6.11. The van der Waals surface area contributed by atoms with Gasteiger partial charge in [-0.1, -0.05) is 0 Å². The zero-order chi connectivity index (χ0) is 16.0. The van der Waals surface area contributed by atoms with Gasteiger partial charge in [-0.3, -0.25) is 0 Å². The van der Waals surface area contributed by atoms with Gasteiger partial charge in [0.15, 0.2) is 0 Å². The Bertz CT molecular complexity index is 677. The molecule has 122 valence electrons. The van der Waals surface area contributed by atoms with Crippen molar-refractivity contribution in [2.24, 2.45) is 0 Å². The standard InChI is InChI=1S/C14H22N4O3S/c1-11-15-9-12-5-8-21-14(13(12)16-11)6-4-7-18(10-14)22(19,20)17(2)3/h9H,4-8,10H2,1-3H3/t14-/m0/s1. The van der Waals surface area contributed by atoms with Crippen LogP contribution in [0.1, 0.15) is 29.9 Å². The summed E-state index contributed by atoms with van der Waals surface area (Å²) in [6.45, 7) is 3.26. The molecular formula is C14H22N4O3S. The van der Waals surface area contributed by atoms with Crippen LogP contribution in [0.25, 0.3) is 0 Å². The average Bonchev–Trinajstić information content (AvgIpc) is 2.48. The summed E-state index contributed by atoms with van der Waals surface area (Å²) in [5.74, 6) is 0.691. The van der Waals surface area contributed by atoms with E-state index in [1.165, 1.54) is 8.61 Å². The second kappa shape index (κ2) is 5.52. The minimum absolute atomic E-state index is 0.316. The first-order valence-corrected chi connectivity index (χ1v) is 8.89. The molecule has 0 radical (unpaired) electrons. The molecule has 0 saturated carbocycles. The van der Waals surface area contributed by atoms with Gasteiger partial charge in [0.25, 0.3) is 10.2 Å². The van der Waals surface area contributed by atoms with Gasteiger partial charge < -0.3 is 4.74 Å². The SMILES string of the molecule is Cc1ncc2c(n1)[C@@]1(CCCN(S(=O)(=O)N(C)C)C1)OCC2. The molecule has 7 nitrogen and oxygen atoms in total. The van der Waals surface area contributed by atoms with Crippen LogP contribution < -0.4 is 0 Å². The normalized spacial score (nSPS) is 26.4. The van der Waals surface area contributed by atoms with Gasteiger partial charge in [-0.05, 0) is 31.7 Å². The van der Waals surface area contributed by atoms with Gasteiger partial charge in [0.1, 0.15) is 11.4 Å². The molecule has 3 rings (SSSR count). The van der Waals surface area contributed by atoms with Crippen molar-refractivity contribution in [3.63, 3.8) is 0 Å². The molecule has 8 heteroatoms. The summed E-state index contributed by atoms with van der Waals surface area (Å²) in [4.78, 5) is 8.84. The van der Waals surface area contributed by atoms with Gasteiger partial charge in [0, 0.05) is 33.4 Å². The molecule has 0 aliphatic carbocycles. The lowest BCUT2D eigenvalue weighted by molar-refractivity contribution is -0.0941. The molecule has 1 saturated heterocycles. The van der Waals surface area contributed by atoms with Crippen molar-refractivity contribution < 1.29 is 13.2 Å². The molecule has 22 heavy (non-hydrogen) atoms. The number of nitrogens with zero attached hydrogens (tertiary/aromatic N) is 4. The van der Waals surface area contributed by atoms with Gasteiger partial charge >= 0.3 is 0 Å². The maximum Gasteiger partial charge on any atom is 0.281 e. The van der Waals surface area contributed by atoms with Crippen molar-refractivity contribution in [2.45, 2.75) is 31.8 Å². The Morgan fingerprint density at radius 2 is 2.18 bits per heavy atom. The topological polar surface area (TPSA) is 75.6 Å². The summed E-state index contributed by atoms with van der Waals surface area (Å²) >= 11 is 0. The number of hydrogen-bond acceptors (Lipinski definition) is 5. The van der Waals surface area contributed by atoms with Crippen LogP contribution in [0.3, 0.4) is 0 Å². The highest BCUT2D eigenvalue weighted by molar-refractivity contribution is 7.86. The fourth-order valence-electron chi connectivity index (χ4n) is 3.22. The highest BCUT2D eigenvalue weighted by atomic mass is 32.2. The van der Waals surface area contributed by atoms with E-state index in [4.69, 9.17) is 4.74 Å². The zero-order valence-electron chi connectivity index (χ0n) is 13.2. The van der Waals surface area contributed by atoms with Crippen LogP contribution >= 0.6 is 0 Å². The fraction of sp³-hybridized carbons (Fsp3) is 0.714. The van der Waals surface area contributed by atoms with Crippen molar-refractivity contribution in [2.75, 3.05) is 33.8 Å². The molecule has 2 aliphatic rings. The third kappa shape index (κ3) is 2.54. The Morgan fingerprint density at radius 3 is 2.91 bits per heavy atom. The fourth-order valence-corrected chi connectivity index (χ4v) is 4.41. The Hall–Kier alpha value is -1.09. The quantitative estimate of drug-likeness (QED) is 0.789. The number of rotatable bonds is 2. The molecule has 3 heterocycles. The van der Waals surface area contributed by atoms with Crippen LogP contribution in [-0.4, -0.2) is 60.8 Å². The maximum absolute atomic E-state index is 12.5. The highest BCUT2D eigenvalue weighted by Gasteiger charge is 2.46. The summed E-state index contributed by atoms with van der Waals surface area (Å²) in [5, 5.41) is 0. The maximum atomic E-state index is 12.5. The second-order valence-corrected chi connectivity index (χ2v) is 8.25. The summed E-state index contributed by atoms with van der Waals surface area (Å²) < 4.78 is 33.7. The largest absolute Gasteiger partial charge is 0.367 e. The summed E-state index contributed by atoms with van der Waals surface area (Å²) in [6.07, 6.45) is 4.17. The van der Waals surface area contributed by atoms with E-state index in [-0.39, 0.29) is 0 Å². The van der Waals surface area contributed by atoms with E-state index in [0.29, 0.717) is 25.5 Å². The monoisotopic (exact) mass is 326 g/mol. The number of ether oxygens (including phenoxy) is 1. The summed E-state index contributed by atoms with van der Waals surface area (Å²) in [5.41, 5.74) is 1.30. The lowest BCUT2D eigenvalue weighted by atomic mass is 9.85. The lowest BCUT2D eigenvalue weighted by Crippen LogP contribution is -2.54. The number of aromatic nitrogens is 2. The average molecular weight is 326 g/mol. The first-order valence-electron chi connectivity index (χ1n) is 7.50. The van der Waals surface area contributed by atoms with Crippen molar-refractivity contribution in [1.82, 2.24) is 18.6 Å². The summed E-state index contributed by atoms with van der Waals surface area (Å²) in [6, 6.07) is 0. The van der Waals surface area contributed by atoms with Crippen LogP contribution in [0.2, 0.25) is 0 Å². The highest BCUT2D eigenvalue weighted by Crippen LogP contribution is 2.39. The van der Waals surface area contributed by atoms with E-state index in [0.717, 1.165) is 30.5 Å². The van der Waals surface area contributed by atoms with Crippen molar-refractivity contribution in [3.8, 4) is 0 Å². The number of piperidine rings is 1. The van der Waals surface area contributed by atoms with Crippen LogP contribution in [0.15, 0.2) is 6.20 Å². The number of aryl methyl sites for hydroxylation is 1. The predicted octanol–water partition coefficient (Wildman–Crippen LogP) is 0.455. The first kappa shape index (κ1) is 15.8. The van der Waals surface area contributed by atoms with Gasteiger partial charge in [-0.25, -0.2) is 9.97 Å². The van der Waals surface area contributed by atoms with E-state index >= 15 is 0 Å². The van der Waals surface area contributed by atoms with E-state index in [1.54, 1.807) is 14.1 Å². The van der Waals surface area contributed by atoms with Crippen molar-refractivity contribution in [1.29, 1.82) is 0 Å². The minimum Gasteiger partial charge on any atom is -0.367 e. The van der Waals surface area contributed by atoms with E-state index < -0.39 is 15.8 Å². The lowest BCUT2D eigenvalue weighted by Gasteiger charge is -2.44. The smallest absolute Gasteiger partial charge is 0.281 e. The molecule has 0 aromatic carbocycles. The van der Waals surface area contributed by atoms with Crippen molar-refractivity contribution in [3.05, 3.63) is 23.3 Å². The number of fused-ring (bicyclic) bond motifs is 2. The zero-order valence-corrected chi connectivity index (χ0v) is 14.1. The molecule has 0 amide bonds. The van der Waals surface area contributed by atoms with Gasteiger partial charge in [0.2, 0.25) is 0 Å². The van der Waals surface area contributed by atoms with E-state index in [9.17, 15) is 8.42 Å². The van der Waals surface area contributed by atoms with Gasteiger partial charge in [-0.2, -0.15) is 17.0 Å². The molecule has 1 aromatic rings. The van der Waals surface area contributed by atoms with Crippen LogP contribution in [0.5, 0.6) is 0 Å². The molecule has 1 spiro atoms. The van der Waals surface area contributed by atoms with Crippen LogP contribution in [-0.2, 0) is 27.0 Å². The van der Waals surface area contributed by atoms with Crippen LogP contribution in [0.4, 0.5) is 0 Å². The molecule has 0 bridgehead atoms. The Labute approximate surface area is 131 Å². The summed E-state index contributed by atoms with van der Waals surface area (Å²) in [7, 11) is -0.336. The molecule has 1 fully saturated rings. The Balaban J connectivity index is 2.00. The molecule has 0 unspecified atom stereocenters. The Kier molecular flexibility index (Phi) is 3.96. The third-order valence-electron chi connectivity index (χ3n) is 4.37. The van der Waals surface area contributed by atoms with Crippen molar-refractivity contribution >= 4 is 10.2 Å². The minimum atomic E-state index is -3.44. The van der Waals surface area contributed by atoms with E-state index in [2.05, 4.69) is 9.97 Å². The molecule has 0 N–H and O–H groups in total. The molecular weight excluding hydrogens is 304 g/mol. The first-order chi connectivity index (χ1) is 10.3. The van der Waals surface area contributed by atoms with Crippen LogP contribution in [0, 0.1) is 6.92 Å². The Morgan fingerprint density at radius 1 is 1.41 bits per heavy atom. The predicted molar refractivity (Wildman–Crippen MR) is 81.5 cm³/mol. The third-order valence-corrected chi connectivity index (χ3v) is 6.26. The molecule has 1 atom stereocenters. The number of hydrogen-bond donors (Lipinski definition) is 0. The van der Waals surface area contributed by atoms with Gasteiger partial charge in [-0.15, -0.1) is 0 Å². The van der Waals surface area contributed by atoms with Gasteiger partial charge in [0.05, 0.1) is 12.3 Å². The van der Waals surface area contributed by atoms with E-state index in [1.807, 2.05) is 13.1 Å².